The van der Waals surface area contributed by atoms with Gasteiger partial charge in [0, 0.05) is 5.56 Å². The molecule has 0 atom stereocenters. The van der Waals surface area contributed by atoms with E-state index >= 15 is 0 Å². The van der Waals surface area contributed by atoms with E-state index in [0.29, 0.717) is 0 Å². The van der Waals surface area contributed by atoms with Crippen molar-refractivity contribution in [1.82, 2.24) is 5.32 Å². The van der Waals surface area contributed by atoms with Gasteiger partial charge in [0.1, 0.15) is 11.5 Å². The highest BCUT2D eigenvalue weighted by atomic mass is 16.5. The fourth-order valence-electron chi connectivity index (χ4n) is 1.83. The summed E-state index contributed by atoms with van der Waals surface area (Å²) in [5.41, 5.74) is 2.29. The molecule has 104 valence electrons. The lowest BCUT2D eigenvalue weighted by atomic mass is 10.1. The summed E-state index contributed by atoms with van der Waals surface area (Å²) in [6.45, 7) is 10.1. The van der Waals surface area contributed by atoms with Gasteiger partial charge in [0.2, 0.25) is 0 Å². The van der Waals surface area contributed by atoms with E-state index in [1.165, 1.54) is 5.56 Å². The van der Waals surface area contributed by atoms with Crippen molar-refractivity contribution in [1.29, 1.82) is 0 Å². The minimum atomic E-state index is 0.879. The highest BCUT2D eigenvalue weighted by Crippen LogP contribution is 2.31. The number of ether oxygens (including phenoxy) is 2. The molecule has 18 heavy (non-hydrogen) atoms. The van der Waals surface area contributed by atoms with E-state index in [-0.39, 0.29) is 0 Å². The number of benzene rings is 1. The monoisotopic (exact) mass is 253 g/mol. The van der Waals surface area contributed by atoms with Crippen molar-refractivity contribution in [2.45, 2.75) is 34.1 Å². The Morgan fingerprint density at radius 2 is 1.78 bits per heavy atom. The van der Waals surface area contributed by atoms with Crippen molar-refractivity contribution >= 4 is 0 Å². The molecule has 1 rings (SSSR count). The normalized spacial score (nSPS) is 9.44. The minimum absolute atomic E-state index is 0.879. The van der Waals surface area contributed by atoms with Crippen molar-refractivity contribution in [2.24, 2.45) is 0 Å². The van der Waals surface area contributed by atoms with Gasteiger partial charge in [-0.15, -0.1) is 0 Å². The van der Waals surface area contributed by atoms with Crippen molar-refractivity contribution < 1.29 is 9.47 Å². The van der Waals surface area contributed by atoms with Gasteiger partial charge in [-0.2, -0.15) is 0 Å². The zero-order valence-electron chi connectivity index (χ0n) is 12.6. The molecule has 0 aliphatic heterocycles. The quantitative estimate of drug-likeness (QED) is 0.790. The van der Waals surface area contributed by atoms with Gasteiger partial charge in [-0.25, -0.2) is 0 Å². The molecule has 3 nitrogen and oxygen atoms in total. The fraction of sp³-hybridized carbons (Fsp3) is 0.600. The highest BCUT2D eigenvalue weighted by molar-refractivity contribution is 5.49. The molecule has 0 amide bonds. The summed E-state index contributed by atoms with van der Waals surface area (Å²) in [5.74, 6) is 1.82. The van der Waals surface area contributed by atoms with Crippen LogP contribution in [0.15, 0.2) is 12.1 Å². The largest absolute Gasteiger partial charge is 0.496 e. The summed E-state index contributed by atoms with van der Waals surface area (Å²) >= 11 is 0. The number of likely N-dealkylation sites (N-methyl/N-ethyl adjacent to an activating group) is 1. The first-order valence-electron chi connectivity index (χ1n) is 6.65. The lowest BCUT2D eigenvalue weighted by Crippen LogP contribution is -2.16. The third-order valence-corrected chi connectivity index (χ3v) is 2.68. The van der Waals surface area contributed by atoms with Crippen LogP contribution in [-0.4, -0.2) is 27.3 Å². The Kier molecular flexibility index (Phi) is 9.11. The molecule has 1 N–H and O–H groups in total. The zero-order chi connectivity index (χ0) is 14.0. The van der Waals surface area contributed by atoms with Crippen LogP contribution in [0.3, 0.4) is 0 Å². The molecule has 0 fully saturated rings. The minimum Gasteiger partial charge on any atom is -0.496 e. The number of hydrogen-bond acceptors (Lipinski definition) is 3. The standard InChI is InChI=1S/C13H21NO2.C2H6/c1-5-14-9-8-11-6-7-12(15-3)10(2)13(11)16-4;1-2/h6-7,14H,5,8-9H2,1-4H3;1-2H3. The summed E-state index contributed by atoms with van der Waals surface area (Å²) in [6.07, 6.45) is 0.974. The fourth-order valence-corrected chi connectivity index (χ4v) is 1.83. The third kappa shape index (κ3) is 4.57. The molecule has 1 aromatic carbocycles. The van der Waals surface area contributed by atoms with Crippen molar-refractivity contribution in [3.8, 4) is 11.5 Å². The molecule has 0 heterocycles. The molecule has 0 bridgehead atoms. The van der Waals surface area contributed by atoms with Crippen LogP contribution in [-0.2, 0) is 6.42 Å². The average molecular weight is 253 g/mol. The second-order valence-corrected chi connectivity index (χ2v) is 3.69. The topological polar surface area (TPSA) is 30.5 Å². The lowest BCUT2D eigenvalue weighted by Gasteiger charge is -2.14. The van der Waals surface area contributed by atoms with Crippen molar-refractivity contribution in [3.05, 3.63) is 23.3 Å². The summed E-state index contributed by atoms with van der Waals surface area (Å²) in [4.78, 5) is 0. The molecule has 0 spiro atoms. The maximum Gasteiger partial charge on any atom is 0.128 e. The SMILES string of the molecule is CC.CCNCCc1ccc(OC)c(C)c1OC. The highest BCUT2D eigenvalue weighted by Gasteiger charge is 2.10. The predicted octanol–water partition coefficient (Wildman–Crippen LogP) is 3.19. The van der Waals surface area contributed by atoms with Crippen molar-refractivity contribution in [3.63, 3.8) is 0 Å². The first-order valence-corrected chi connectivity index (χ1v) is 6.65. The van der Waals surface area contributed by atoms with Gasteiger partial charge in [0.15, 0.2) is 0 Å². The van der Waals surface area contributed by atoms with Crippen LogP contribution < -0.4 is 14.8 Å². The van der Waals surface area contributed by atoms with Crippen LogP contribution in [0.4, 0.5) is 0 Å². The van der Waals surface area contributed by atoms with Gasteiger partial charge in [-0.05, 0) is 38.1 Å². The van der Waals surface area contributed by atoms with E-state index in [1.807, 2.05) is 26.8 Å². The molecule has 0 aliphatic carbocycles. The molecule has 0 aliphatic rings. The van der Waals surface area contributed by atoms with Crippen molar-refractivity contribution in [2.75, 3.05) is 27.3 Å². The number of methoxy groups -OCH3 is 2. The smallest absolute Gasteiger partial charge is 0.128 e. The molecule has 1 aromatic rings. The molecule has 0 unspecified atom stereocenters. The van der Waals surface area contributed by atoms with Crippen LogP contribution in [0, 0.1) is 6.92 Å². The van der Waals surface area contributed by atoms with E-state index in [4.69, 9.17) is 9.47 Å². The Morgan fingerprint density at radius 3 is 2.28 bits per heavy atom. The van der Waals surface area contributed by atoms with Gasteiger partial charge in [-0.3, -0.25) is 0 Å². The van der Waals surface area contributed by atoms with Gasteiger partial charge in [0.05, 0.1) is 14.2 Å². The Labute approximate surface area is 111 Å². The maximum atomic E-state index is 5.44. The molecule has 0 radical (unpaired) electrons. The van der Waals surface area contributed by atoms with Crippen LogP contribution >= 0.6 is 0 Å². The second-order valence-electron chi connectivity index (χ2n) is 3.69. The van der Waals surface area contributed by atoms with Gasteiger partial charge < -0.3 is 14.8 Å². The van der Waals surface area contributed by atoms with E-state index in [1.54, 1.807) is 14.2 Å². The third-order valence-electron chi connectivity index (χ3n) is 2.68. The Bertz CT molecular complexity index is 338. The Morgan fingerprint density at radius 1 is 1.11 bits per heavy atom. The van der Waals surface area contributed by atoms with Gasteiger partial charge in [0.25, 0.3) is 0 Å². The van der Waals surface area contributed by atoms with E-state index in [9.17, 15) is 0 Å². The van der Waals surface area contributed by atoms with E-state index in [2.05, 4.69) is 18.3 Å². The Balaban J connectivity index is 0.00000137. The lowest BCUT2D eigenvalue weighted by molar-refractivity contribution is 0.385. The number of rotatable bonds is 6. The van der Waals surface area contributed by atoms with Gasteiger partial charge in [-0.1, -0.05) is 26.8 Å². The van der Waals surface area contributed by atoms with Gasteiger partial charge >= 0.3 is 0 Å². The Hall–Kier alpha value is -1.22. The maximum absolute atomic E-state index is 5.44. The molecular weight excluding hydrogens is 226 g/mol. The molecular formula is C15H27NO2. The number of nitrogens with one attached hydrogen (secondary N) is 1. The second kappa shape index (κ2) is 9.77. The summed E-state index contributed by atoms with van der Waals surface area (Å²) < 4.78 is 10.7. The first kappa shape index (κ1) is 16.8. The van der Waals surface area contributed by atoms with E-state index < -0.39 is 0 Å². The molecule has 0 saturated carbocycles. The molecule has 0 saturated heterocycles. The predicted molar refractivity (Wildman–Crippen MR) is 77.9 cm³/mol. The molecule has 3 heteroatoms. The summed E-state index contributed by atoms with van der Waals surface area (Å²) in [6, 6.07) is 4.07. The van der Waals surface area contributed by atoms with Crippen LogP contribution in [0.5, 0.6) is 11.5 Å². The van der Waals surface area contributed by atoms with Crippen LogP contribution in [0.25, 0.3) is 0 Å². The summed E-state index contributed by atoms with van der Waals surface area (Å²) in [7, 11) is 3.39. The first-order chi connectivity index (χ1) is 8.74. The average Bonchev–Trinajstić information content (AvgIpc) is 2.42. The molecule has 0 aromatic heterocycles. The van der Waals surface area contributed by atoms with E-state index in [0.717, 1.165) is 36.6 Å². The number of hydrogen-bond donors (Lipinski definition) is 1. The summed E-state index contributed by atoms with van der Waals surface area (Å²) in [5, 5.41) is 3.31. The van der Waals surface area contributed by atoms with Crippen LogP contribution in [0.1, 0.15) is 31.9 Å². The zero-order valence-corrected chi connectivity index (χ0v) is 12.6. The van der Waals surface area contributed by atoms with Crippen LogP contribution in [0.2, 0.25) is 0 Å².